The Morgan fingerprint density at radius 3 is 2.05 bits per heavy atom. The quantitative estimate of drug-likeness (QED) is 0.103. The van der Waals surface area contributed by atoms with Crippen LogP contribution < -0.4 is 0 Å². The van der Waals surface area contributed by atoms with E-state index in [4.69, 9.17) is 13.7 Å². The molecule has 0 bridgehead atoms. The zero-order valence-corrected chi connectivity index (χ0v) is 28.2. The van der Waals surface area contributed by atoms with Crippen LogP contribution in [0.2, 0.25) is 13.3 Å². The van der Waals surface area contributed by atoms with Crippen LogP contribution in [0.5, 0.6) is 0 Å². The van der Waals surface area contributed by atoms with E-state index in [2.05, 4.69) is 30.9 Å². The Morgan fingerprint density at radius 2 is 1.50 bits per heavy atom. The maximum atomic E-state index is 13.3. The van der Waals surface area contributed by atoms with Crippen LogP contribution in [0.15, 0.2) is 69.7 Å². The van der Waals surface area contributed by atoms with Gasteiger partial charge in [-0.05, 0) is 0 Å². The van der Waals surface area contributed by atoms with Crippen molar-refractivity contribution >= 4 is 34.5 Å². The fourth-order valence-corrected chi connectivity index (χ4v) is 20.6. The molecule has 2 aromatic carbocycles. The van der Waals surface area contributed by atoms with E-state index in [1.807, 2.05) is 13.0 Å². The summed E-state index contributed by atoms with van der Waals surface area (Å²) in [6, 6.07) is 15.3. The van der Waals surface area contributed by atoms with Crippen molar-refractivity contribution in [3.63, 3.8) is 0 Å². The molecule has 0 unspecified atom stereocenters. The van der Waals surface area contributed by atoms with Gasteiger partial charge in [0.25, 0.3) is 0 Å². The Labute approximate surface area is 245 Å². The molecule has 220 valence electrons. The molecule has 0 N–H and O–H groups in total. The van der Waals surface area contributed by atoms with E-state index in [0.29, 0.717) is 5.56 Å². The molecular weight excluding hydrogens is 631 g/mol. The molecule has 1 saturated heterocycles. The van der Waals surface area contributed by atoms with Crippen molar-refractivity contribution in [1.82, 2.24) is 0 Å². The Kier molecular flexibility index (Phi) is 13.2. The topological polar surface area (TPSA) is 78.9 Å². The second-order valence-electron chi connectivity index (χ2n) is 11.0. The van der Waals surface area contributed by atoms with Gasteiger partial charge in [0, 0.05) is 0 Å². The van der Waals surface area contributed by atoms with Crippen LogP contribution in [0, 0.1) is 6.92 Å². The van der Waals surface area contributed by atoms with Crippen molar-refractivity contribution in [3.8, 4) is 0 Å². The molecule has 0 radical (unpaired) electrons. The van der Waals surface area contributed by atoms with Gasteiger partial charge in [-0.2, -0.15) is 0 Å². The zero-order chi connectivity index (χ0) is 29.0. The monoisotopic (exact) mass is 678 g/mol. The Balaban J connectivity index is 1.91. The van der Waals surface area contributed by atoms with Crippen LogP contribution in [0.4, 0.5) is 0 Å². The first-order valence-electron chi connectivity index (χ1n) is 14.8. The fourth-order valence-electron chi connectivity index (χ4n) is 5.19. The third-order valence-electron chi connectivity index (χ3n) is 7.68. The number of unbranched alkanes of at least 4 members (excludes halogenated alkanes) is 3. The van der Waals surface area contributed by atoms with E-state index in [1.165, 1.54) is 64.0 Å². The molecule has 40 heavy (non-hydrogen) atoms. The molecule has 0 amide bonds. The molecule has 1 heterocycles. The van der Waals surface area contributed by atoms with E-state index in [1.54, 1.807) is 36.4 Å². The average molecular weight is 677 g/mol. The first-order chi connectivity index (χ1) is 19.2. The standard InChI is InChI=1S/C20H19O6S.3C4H9.Sn/c1-3-17-19(26-27(22,23)16-11-9-14(2)10-12-16)18(13-24-17)25-20(21)15-7-5-4-6-8-15;3*1-3-4-2;/h1,3-12,17-19H,13H2,2H3;3*1,3-4H2,2H3;/t17-,18+,19+;;;;/m0..../s1. The molecule has 0 spiro atoms. The Bertz CT molecular complexity index is 1160. The molecule has 1 aliphatic heterocycles. The SMILES string of the molecule is CCC[CH2][Sn](/[CH]=C/[C@@H]1OC[C@@H](OC(=O)c2ccccc2)[C@@H]1OS(=O)(=O)c1ccc(C)cc1)([CH2]CCC)[CH2]CCC. The third kappa shape index (κ3) is 9.43. The minimum atomic E-state index is -4.11. The minimum absolute atomic E-state index is 0.0724. The van der Waals surface area contributed by atoms with E-state index in [-0.39, 0.29) is 11.5 Å². The number of hydrogen-bond acceptors (Lipinski definition) is 6. The fraction of sp³-hybridized carbons (Fsp3) is 0.531. The summed E-state index contributed by atoms with van der Waals surface area (Å²) in [7, 11) is -4.11. The van der Waals surface area contributed by atoms with E-state index in [9.17, 15) is 13.2 Å². The van der Waals surface area contributed by atoms with Crippen LogP contribution in [0.3, 0.4) is 0 Å². The molecule has 0 aromatic heterocycles. The molecule has 1 fully saturated rings. The predicted octanol–water partition coefficient (Wildman–Crippen LogP) is 7.64. The summed E-state index contributed by atoms with van der Waals surface area (Å²) >= 11 is -2.68. The summed E-state index contributed by atoms with van der Waals surface area (Å²) in [5.41, 5.74) is 1.35. The summed E-state index contributed by atoms with van der Waals surface area (Å²) in [5, 5.41) is 0. The van der Waals surface area contributed by atoms with Gasteiger partial charge in [0.05, 0.1) is 0 Å². The van der Waals surface area contributed by atoms with Gasteiger partial charge in [-0.3, -0.25) is 0 Å². The average Bonchev–Trinajstić information content (AvgIpc) is 3.32. The molecule has 1 aliphatic rings. The molecule has 2 aromatic rings. The van der Waals surface area contributed by atoms with Gasteiger partial charge < -0.3 is 0 Å². The number of hydrogen-bond donors (Lipinski definition) is 0. The van der Waals surface area contributed by atoms with Crippen molar-refractivity contribution in [2.75, 3.05) is 6.61 Å². The third-order valence-corrected chi connectivity index (χ3v) is 23.1. The van der Waals surface area contributed by atoms with E-state index < -0.39 is 52.8 Å². The second-order valence-corrected chi connectivity index (χ2v) is 25.5. The van der Waals surface area contributed by atoms with Crippen molar-refractivity contribution in [2.24, 2.45) is 0 Å². The summed E-state index contributed by atoms with van der Waals surface area (Å²) in [4.78, 5) is 13.0. The van der Waals surface area contributed by atoms with E-state index in [0.717, 1.165) is 5.56 Å². The van der Waals surface area contributed by atoms with E-state index >= 15 is 0 Å². The van der Waals surface area contributed by atoms with Gasteiger partial charge in [-0.15, -0.1) is 0 Å². The second kappa shape index (κ2) is 16.1. The number of benzene rings is 2. The van der Waals surface area contributed by atoms with Gasteiger partial charge >= 0.3 is 247 Å². The Hall–Kier alpha value is -1.68. The number of esters is 1. The van der Waals surface area contributed by atoms with Crippen molar-refractivity contribution in [2.45, 2.75) is 103 Å². The maximum absolute atomic E-state index is 13.3. The van der Waals surface area contributed by atoms with Crippen LogP contribution in [-0.2, 0) is 23.8 Å². The van der Waals surface area contributed by atoms with Crippen molar-refractivity contribution in [1.29, 1.82) is 0 Å². The van der Waals surface area contributed by atoms with Gasteiger partial charge in [0.15, 0.2) is 0 Å². The molecule has 0 saturated carbocycles. The number of ether oxygens (including phenoxy) is 2. The summed E-state index contributed by atoms with van der Waals surface area (Å²) in [6.07, 6.45) is 6.79. The number of carbonyl (C=O) groups excluding carboxylic acids is 1. The number of aryl methyl sites for hydroxylation is 1. The van der Waals surface area contributed by atoms with Crippen molar-refractivity contribution in [3.05, 3.63) is 75.9 Å². The normalized spacial score (nSPS) is 19.8. The Morgan fingerprint density at radius 1 is 0.925 bits per heavy atom. The summed E-state index contributed by atoms with van der Waals surface area (Å²) in [6.45, 7) is 8.70. The number of carbonyl (C=O) groups is 1. The van der Waals surface area contributed by atoms with Crippen LogP contribution in [-0.4, -0.2) is 57.7 Å². The van der Waals surface area contributed by atoms with Gasteiger partial charge in [-0.25, -0.2) is 0 Å². The van der Waals surface area contributed by atoms with Gasteiger partial charge in [0.2, 0.25) is 0 Å². The van der Waals surface area contributed by atoms with Crippen LogP contribution in [0.25, 0.3) is 0 Å². The molecule has 6 nitrogen and oxygen atoms in total. The summed E-state index contributed by atoms with van der Waals surface area (Å²) < 4.78 is 50.7. The van der Waals surface area contributed by atoms with Gasteiger partial charge in [0.1, 0.15) is 0 Å². The summed E-state index contributed by atoms with van der Waals surface area (Å²) in [5.74, 6) is -0.525. The zero-order valence-electron chi connectivity index (χ0n) is 24.5. The van der Waals surface area contributed by atoms with Crippen LogP contribution in [0.1, 0.15) is 75.2 Å². The molecule has 8 heteroatoms. The first kappa shape index (κ1) is 32.8. The first-order valence-corrected chi connectivity index (χ1v) is 23.9. The van der Waals surface area contributed by atoms with Crippen molar-refractivity contribution < 1.29 is 26.9 Å². The molecular formula is C32H46O6SSn. The predicted molar refractivity (Wildman–Crippen MR) is 163 cm³/mol. The molecule has 3 rings (SSSR count). The molecule has 0 aliphatic carbocycles. The van der Waals surface area contributed by atoms with Gasteiger partial charge in [-0.1, -0.05) is 0 Å². The number of rotatable bonds is 16. The van der Waals surface area contributed by atoms with Crippen LogP contribution >= 0.6 is 0 Å². The molecule has 3 atom stereocenters.